The van der Waals surface area contributed by atoms with Crippen LogP contribution in [-0.2, 0) is 64.0 Å². The van der Waals surface area contributed by atoms with Crippen LogP contribution < -0.4 is 90.1 Å². The van der Waals surface area contributed by atoms with Gasteiger partial charge in [0.2, 0.25) is 0 Å². The molecule has 0 saturated carbocycles. The third kappa shape index (κ3) is 55.9. The molecule has 4 aromatic rings. The van der Waals surface area contributed by atoms with Gasteiger partial charge in [0.1, 0.15) is 48.3 Å². The molecule has 4 heterocycles. The van der Waals surface area contributed by atoms with Crippen LogP contribution in [0.15, 0.2) is 50.1 Å². The number of hydrogen-bond donors (Lipinski definition) is 32. The van der Waals surface area contributed by atoms with Crippen molar-refractivity contribution in [2.24, 2.45) is 68.8 Å². The number of H-pyrrole nitrogens is 4. The van der Waals surface area contributed by atoms with Crippen molar-refractivity contribution in [1.82, 2.24) is 61.1 Å². The third-order valence-corrected chi connectivity index (χ3v) is 10.5. The highest BCUT2D eigenvalue weighted by molar-refractivity contribution is 5.77. The quantitative estimate of drug-likeness (QED) is 0.0123. The van der Waals surface area contributed by atoms with Crippen molar-refractivity contribution in [2.45, 2.75) is 125 Å². The fraction of sp³-hybridized carbons (Fsp3) is 0.500. The molecule has 0 aliphatic carbocycles. The molecule has 0 saturated heterocycles. The summed E-state index contributed by atoms with van der Waals surface area (Å²) in [5.41, 5.74) is 64.5. The van der Waals surface area contributed by atoms with E-state index >= 15 is 0 Å². The van der Waals surface area contributed by atoms with E-state index in [1.165, 1.54) is 25.3 Å². The maximum Gasteiger partial charge on any atom is 0.320 e. The van der Waals surface area contributed by atoms with Gasteiger partial charge < -0.3 is 151 Å². The van der Waals surface area contributed by atoms with Crippen molar-refractivity contribution in [3.05, 3.63) is 72.9 Å². The number of imidazole rings is 4. The fourth-order valence-electron chi connectivity index (χ4n) is 5.53. The number of hydrogen-bond acceptors (Lipinski definition) is 24. The molecule has 44 nitrogen and oxygen atoms in total. The van der Waals surface area contributed by atoms with Crippen LogP contribution in [0.5, 0.6) is 0 Å². The van der Waals surface area contributed by atoms with Crippen molar-refractivity contribution in [3.8, 4) is 0 Å². The van der Waals surface area contributed by atoms with Gasteiger partial charge in [-0.1, -0.05) is 0 Å². The Hall–Kier alpha value is -10.6. The van der Waals surface area contributed by atoms with Crippen LogP contribution in [0.4, 0.5) is 0 Å². The van der Waals surface area contributed by atoms with Crippen LogP contribution in [0.25, 0.3) is 0 Å². The first-order valence-corrected chi connectivity index (χ1v) is 27.0. The molecule has 92 heavy (non-hydrogen) atoms. The topological polar surface area (TPSA) is 869 Å². The minimum Gasteiger partial charge on any atom is -0.480 e. The van der Waals surface area contributed by atoms with Gasteiger partial charge in [-0.15, -0.1) is 0 Å². The standard InChI is InChI=1S/4C6H14N4O2.4C6H9N3O2/c4*7-4(5(11)12)2-1-3-10-6(8)9;4*7-5(6(10)11)1-4-2-8-3-9-4/h4*4H,1-3,7H2,(H,11,12)(H4,8,9,10);4*2-3,5H,1,7H2,(H,8,9)(H,10,11)/t4*4-;4*5-/m00000000/s1. The first kappa shape index (κ1) is 87.8. The molecule has 520 valence electrons. The van der Waals surface area contributed by atoms with Crippen molar-refractivity contribution >= 4 is 71.6 Å². The molecule has 0 radical (unpaired) electrons. The molecule has 0 aliphatic rings. The molecule has 0 unspecified atom stereocenters. The molecule has 44 heteroatoms. The van der Waals surface area contributed by atoms with Gasteiger partial charge in [-0.25, -0.2) is 19.9 Å². The second-order valence-corrected chi connectivity index (χ2v) is 18.5. The molecule has 0 bridgehead atoms. The predicted molar refractivity (Wildman–Crippen MR) is 331 cm³/mol. The SMILES string of the molecule is N=C(N)NCCC[C@H](N)C(=O)O.N=C(N)NCCC[C@H](N)C(=O)O.N=C(N)NCCC[C@H](N)C(=O)O.N=C(N)NCCC[C@H](N)C(=O)O.N[C@@H](Cc1c[nH]cn1)C(=O)O.N[C@@H](Cc1c[nH]cn1)C(=O)O.N[C@@H](Cc1c[nH]cn1)C(=O)O.N[C@@H](Cc1c[nH]cn1)C(=O)O. The Bertz CT molecular complexity index is 2330. The van der Waals surface area contributed by atoms with E-state index in [4.69, 9.17) is 131 Å². The summed E-state index contributed by atoms with van der Waals surface area (Å²) in [6, 6.07) is -6.73. The van der Waals surface area contributed by atoms with E-state index in [-0.39, 0.29) is 49.5 Å². The Morgan fingerprint density at radius 1 is 0.326 bits per heavy atom. The van der Waals surface area contributed by atoms with Gasteiger partial charge in [-0.2, -0.15) is 0 Å². The largest absolute Gasteiger partial charge is 0.480 e. The Labute approximate surface area is 525 Å². The van der Waals surface area contributed by atoms with Crippen LogP contribution >= 0.6 is 0 Å². The number of aliphatic carboxylic acids is 8. The summed E-state index contributed by atoms with van der Waals surface area (Å²) >= 11 is 0. The third-order valence-electron chi connectivity index (χ3n) is 10.5. The summed E-state index contributed by atoms with van der Waals surface area (Å²) in [7, 11) is 0. The van der Waals surface area contributed by atoms with Crippen molar-refractivity contribution < 1.29 is 79.2 Å². The minimum absolute atomic E-state index is 0.112. The lowest BCUT2D eigenvalue weighted by Gasteiger charge is -2.06. The highest BCUT2D eigenvalue weighted by atomic mass is 16.4. The number of nitrogens with one attached hydrogen (secondary N) is 12. The lowest BCUT2D eigenvalue weighted by atomic mass is 10.2. The van der Waals surface area contributed by atoms with Gasteiger partial charge in [0.15, 0.2) is 23.8 Å². The average Bonchev–Trinajstić information content (AvgIpc) is 4.58. The Morgan fingerprint density at radius 2 is 0.478 bits per heavy atom. The summed E-state index contributed by atoms with van der Waals surface area (Å²) in [6.45, 7) is 1.93. The van der Waals surface area contributed by atoms with E-state index in [9.17, 15) is 38.4 Å². The molecule has 0 fully saturated rings. The fourth-order valence-corrected chi connectivity index (χ4v) is 5.53. The number of nitrogens with two attached hydrogens (primary N) is 12. The molecule has 44 N–H and O–H groups in total. The molecular formula is C48H92N28O16. The van der Waals surface area contributed by atoms with Gasteiger partial charge in [0, 0.05) is 76.6 Å². The highest BCUT2D eigenvalue weighted by Gasteiger charge is 2.17. The van der Waals surface area contributed by atoms with E-state index in [0.29, 0.717) is 100 Å². The van der Waals surface area contributed by atoms with Gasteiger partial charge in [0.05, 0.1) is 48.1 Å². The smallest absolute Gasteiger partial charge is 0.320 e. The zero-order valence-corrected chi connectivity index (χ0v) is 50.1. The maximum absolute atomic E-state index is 10.3. The summed E-state index contributed by atoms with van der Waals surface area (Å²) in [4.78, 5) is 108. The van der Waals surface area contributed by atoms with E-state index in [1.54, 1.807) is 24.8 Å². The number of carboxylic acids is 8. The molecule has 0 aliphatic heterocycles. The lowest BCUT2D eigenvalue weighted by molar-refractivity contribution is -0.139. The number of rotatable bonds is 32. The van der Waals surface area contributed by atoms with E-state index in [0.717, 1.165) is 0 Å². The molecule has 4 rings (SSSR count). The monoisotopic (exact) mass is 1320 g/mol. The predicted octanol–water partition coefficient (Wildman–Crippen LogP) is -7.90. The first-order valence-electron chi connectivity index (χ1n) is 27.0. The number of carboxylic acid groups (broad SMARTS) is 8. The van der Waals surface area contributed by atoms with Gasteiger partial charge >= 0.3 is 47.8 Å². The van der Waals surface area contributed by atoms with E-state index in [2.05, 4.69) is 61.1 Å². The van der Waals surface area contributed by atoms with Gasteiger partial charge in [-0.05, 0) is 51.4 Å². The van der Waals surface area contributed by atoms with Crippen LogP contribution in [0.3, 0.4) is 0 Å². The molecule has 0 amide bonds. The van der Waals surface area contributed by atoms with E-state index in [1.807, 2.05) is 0 Å². The molecular weight excluding hydrogens is 1220 g/mol. The van der Waals surface area contributed by atoms with Gasteiger partial charge in [0.25, 0.3) is 0 Å². The Kier molecular flexibility index (Phi) is 51.0. The first-order chi connectivity index (χ1) is 42.9. The van der Waals surface area contributed by atoms with Crippen LogP contribution in [0.2, 0.25) is 0 Å². The minimum atomic E-state index is -1.01. The summed E-state index contributed by atoms with van der Waals surface area (Å²) in [6.07, 6.45) is 17.4. The molecule has 8 atom stereocenters. The van der Waals surface area contributed by atoms with Crippen LogP contribution in [-0.4, -0.2) is 227 Å². The number of nitrogens with zero attached hydrogens (tertiary/aromatic N) is 4. The summed E-state index contributed by atoms with van der Waals surface area (Å²) in [5.74, 6) is -8.48. The number of aromatic amines is 4. The normalized spacial score (nSPS) is 12.4. The van der Waals surface area contributed by atoms with Crippen molar-refractivity contribution in [1.29, 1.82) is 21.6 Å². The molecule has 0 spiro atoms. The number of carbonyl (C=O) groups is 8. The molecule has 0 aromatic carbocycles. The summed E-state index contributed by atoms with van der Waals surface area (Å²) < 4.78 is 0. The van der Waals surface area contributed by atoms with Gasteiger partial charge in [-0.3, -0.25) is 60.0 Å². The second-order valence-electron chi connectivity index (χ2n) is 18.5. The highest BCUT2D eigenvalue weighted by Crippen LogP contribution is 2.00. The van der Waals surface area contributed by atoms with Crippen LogP contribution in [0.1, 0.15) is 74.1 Å². The Morgan fingerprint density at radius 3 is 0.587 bits per heavy atom. The lowest BCUT2D eigenvalue weighted by Crippen LogP contribution is -2.34. The molecule has 4 aromatic heterocycles. The van der Waals surface area contributed by atoms with Crippen molar-refractivity contribution in [3.63, 3.8) is 0 Å². The van der Waals surface area contributed by atoms with E-state index < -0.39 is 96.1 Å². The summed E-state index contributed by atoms with van der Waals surface area (Å²) in [5, 5.41) is 105. The average molecular weight is 1320 g/mol. The maximum atomic E-state index is 10.3. The number of aromatic nitrogens is 8. The Balaban J connectivity index is -0.000000481. The zero-order chi connectivity index (χ0) is 71.3. The second kappa shape index (κ2) is 53.4. The zero-order valence-electron chi connectivity index (χ0n) is 50.1. The van der Waals surface area contributed by atoms with Crippen LogP contribution in [0, 0.1) is 21.6 Å². The van der Waals surface area contributed by atoms with Crippen molar-refractivity contribution in [2.75, 3.05) is 26.2 Å². The number of guanidine groups is 4.